The molecule has 0 aromatic rings. The van der Waals surface area contributed by atoms with Gasteiger partial charge >= 0.3 is 0 Å². The SMILES string of the molecule is CCC(O)CC(C)CBr. The molecule has 9 heavy (non-hydrogen) atoms. The molecule has 0 spiro atoms. The molecule has 2 heteroatoms. The monoisotopic (exact) mass is 194 g/mol. The van der Waals surface area contributed by atoms with Crippen LogP contribution in [0.2, 0.25) is 0 Å². The predicted molar refractivity (Wildman–Crippen MR) is 43.9 cm³/mol. The normalized spacial score (nSPS) is 17.3. The third-order valence-corrected chi connectivity index (χ3v) is 2.51. The zero-order valence-corrected chi connectivity index (χ0v) is 7.69. The Bertz CT molecular complexity index is 57.9. The van der Waals surface area contributed by atoms with Crippen molar-refractivity contribution in [1.82, 2.24) is 0 Å². The Labute approximate surface area is 65.6 Å². The smallest absolute Gasteiger partial charge is 0.0540 e. The molecule has 0 heterocycles. The number of alkyl halides is 1. The van der Waals surface area contributed by atoms with Gasteiger partial charge in [0.2, 0.25) is 0 Å². The van der Waals surface area contributed by atoms with E-state index < -0.39 is 0 Å². The van der Waals surface area contributed by atoms with Crippen LogP contribution in [0.3, 0.4) is 0 Å². The van der Waals surface area contributed by atoms with E-state index in [2.05, 4.69) is 22.9 Å². The van der Waals surface area contributed by atoms with Gasteiger partial charge in [0.1, 0.15) is 0 Å². The standard InChI is InChI=1S/C7H15BrO/c1-3-7(9)4-6(2)5-8/h6-7,9H,3-5H2,1-2H3. The Morgan fingerprint density at radius 3 is 2.44 bits per heavy atom. The Kier molecular flexibility index (Phi) is 5.50. The van der Waals surface area contributed by atoms with Crippen LogP contribution in [-0.2, 0) is 0 Å². The molecular formula is C7H15BrO. The summed E-state index contributed by atoms with van der Waals surface area (Å²) in [6.45, 7) is 4.14. The van der Waals surface area contributed by atoms with E-state index in [0.29, 0.717) is 5.92 Å². The molecule has 0 fully saturated rings. The summed E-state index contributed by atoms with van der Waals surface area (Å²) in [4.78, 5) is 0. The molecule has 0 aromatic carbocycles. The number of hydrogen-bond acceptors (Lipinski definition) is 1. The molecule has 0 radical (unpaired) electrons. The van der Waals surface area contributed by atoms with Gasteiger partial charge in [-0.05, 0) is 18.8 Å². The third kappa shape index (κ3) is 4.91. The summed E-state index contributed by atoms with van der Waals surface area (Å²) in [5.41, 5.74) is 0. The summed E-state index contributed by atoms with van der Waals surface area (Å²) in [6, 6.07) is 0. The minimum atomic E-state index is -0.0995. The van der Waals surface area contributed by atoms with Crippen LogP contribution < -0.4 is 0 Å². The highest BCUT2D eigenvalue weighted by atomic mass is 79.9. The Morgan fingerprint density at radius 1 is 1.56 bits per heavy atom. The van der Waals surface area contributed by atoms with Gasteiger partial charge in [0.05, 0.1) is 6.10 Å². The summed E-state index contributed by atoms with van der Waals surface area (Å²) in [5.74, 6) is 0.597. The molecule has 0 aliphatic heterocycles. The summed E-state index contributed by atoms with van der Waals surface area (Å²) in [6.07, 6.45) is 1.69. The molecule has 2 unspecified atom stereocenters. The highest BCUT2D eigenvalue weighted by Crippen LogP contribution is 2.10. The summed E-state index contributed by atoms with van der Waals surface area (Å²) < 4.78 is 0. The quantitative estimate of drug-likeness (QED) is 0.681. The first-order chi connectivity index (χ1) is 4.20. The molecule has 0 saturated carbocycles. The highest BCUT2D eigenvalue weighted by molar-refractivity contribution is 9.09. The minimum Gasteiger partial charge on any atom is -0.393 e. The average Bonchev–Trinajstić information content (AvgIpc) is 1.87. The topological polar surface area (TPSA) is 20.2 Å². The zero-order chi connectivity index (χ0) is 7.28. The minimum absolute atomic E-state index is 0.0995. The molecule has 0 saturated heterocycles. The van der Waals surface area contributed by atoms with Crippen molar-refractivity contribution in [3.8, 4) is 0 Å². The van der Waals surface area contributed by atoms with Gasteiger partial charge in [0, 0.05) is 5.33 Å². The molecule has 0 amide bonds. The molecule has 1 nitrogen and oxygen atoms in total. The Balaban J connectivity index is 3.22. The summed E-state index contributed by atoms with van der Waals surface area (Å²) in [7, 11) is 0. The van der Waals surface area contributed by atoms with E-state index in [9.17, 15) is 0 Å². The number of aliphatic hydroxyl groups excluding tert-OH is 1. The molecule has 2 atom stereocenters. The van der Waals surface area contributed by atoms with Gasteiger partial charge in [-0.1, -0.05) is 29.8 Å². The Hall–Kier alpha value is 0.440. The molecule has 0 aliphatic carbocycles. The maximum absolute atomic E-state index is 9.14. The highest BCUT2D eigenvalue weighted by Gasteiger charge is 2.05. The average molecular weight is 195 g/mol. The number of rotatable bonds is 4. The molecule has 0 rings (SSSR count). The van der Waals surface area contributed by atoms with Gasteiger partial charge in [0.25, 0.3) is 0 Å². The van der Waals surface area contributed by atoms with Crippen molar-refractivity contribution in [3.63, 3.8) is 0 Å². The number of halogens is 1. The first-order valence-electron chi connectivity index (χ1n) is 3.44. The fourth-order valence-corrected chi connectivity index (χ4v) is 0.958. The lowest BCUT2D eigenvalue weighted by molar-refractivity contribution is 0.146. The fourth-order valence-electron chi connectivity index (χ4n) is 0.694. The van der Waals surface area contributed by atoms with Gasteiger partial charge in [-0.3, -0.25) is 0 Å². The van der Waals surface area contributed by atoms with E-state index in [0.717, 1.165) is 18.2 Å². The lowest BCUT2D eigenvalue weighted by atomic mass is 10.0. The summed E-state index contributed by atoms with van der Waals surface area (Å²) >= 11 is 3.36. The largest absolute Gasteiger partial charge is 0.393 e. The maximum Gasteiger partial charge on any atom is 0.0540 e. The van der Waals surface area contributed by atoms with E-state index in [1.807, 2.05) is 6.92 Å². The molecular weight excluding hydrogens is 180 g/mol. The maximum atomic E-state index is 9.14. The van der Waals surface area contributed by atoms with Crippen molar-refractivity contribution in [3.05, 3.63) is 0 Å². The van der Waals surface area contributed by atoms with Crippen LogP contribution in [0, 0.1) is 5.92 Å². The molecule has 0 aromatic heterocycles. The van der Waals surface area contributed by atoms with Crippen LogP contribution >= 0.6 is 15.9 Å². The van der Waals surface area contributed by atoms with Gasteiger partial charge in [-0.2, -0.15) is 0 Å². The first-order valence-corrected chi connectivity index (χ1v) is 4.56. The summed E-state index contributed by atoms with van der Waals surface area (Å²) in [5, 5.41) is 10.1. The third-order valence-electron chi connectivity index (χ3n) is 1.41. The van der Waals surface area contributed by atoms with Gasteiger partial charge in [-0.15, -0.1) is 0 Å². The van der Waals surface area contributed by atoms with Crippen molar-refractivity contribution in [1.29, 1.82) is 0 Å². The fraction of sp³-hybridized carbons (Fsp3) is 1.00. The second-order valence-electron chi connectivity index (χ2n) is 2.56. The van der Waals surface area contributed by atoms with Crippen molar-refractivity contribution in [2.24, 2.45) is 5.92 Å². The lowest BCUT2D eigenvalue weighted by Crippen LogP contribution is -2.10. The van der Waals surface area contributed by atoms with E-state index in [4.69, 9.17) is 5.11 Å². The van der Waals surface area contributed by atoms with E-state index in [1.54, 1.807) is 0 Å². The van der Waals surface area contributed by atoms with E-state index in [-0.39, 0.29) is 6.10 Å². The Morgan fingerprint density at radius 2 is 2.11 bits per heavy atom. The van der Waals surface area contributed by atoms with Gasteiger partial charge < -0.3 is 5.11 Å². The van der Waals surface area contributed by atoms with Crippen LogP contribution in [0.4, 0.5) is 0 Å². The van der Waals surface area contributed by atoms with Crippen LogP contribution in [0.5, 0.6) is 0 Å². The molecule has 1 N–H and O–H groups in total. The second-order valence-corrected chi connectivity index (χ2v) is 3.20. The van der Waals surface area contributed by atoms with Crippen molar-refractivity contribution >= 4 is 15.9 Å². The zero-order valence-electron chi connectivity index (χ0n) is 6.10. The van der Waals surface area contributed by atoms with E-state index >= 15 is 0 Å². The van der Waals surface area contributed by atoms with Crippen molar-refractivity contribution in [2.75, 3.05) is 5.33 Å². The van der Waals surface area contributed by atoms with Crippen molar-refractivity contribution in [2.45, 2.75) is 32.8 Å². The first kappa shape index (κ1) is 9.44. The second kappa shape index (κ2) is 5.24. The van der Waals surface area contributed by atoms with Gasteiger partial charge in [-0.25, -0.2) is 0 Å². The van der Waals surface area contributed by atoms with Crippen LogP contribution in [0.25, 0.3) is 0 Å². The molecule has 56 valence electrons. The number of aliphatic hydroxyl groups is 1. The predicted octanol–water partition coefficient (Wildman–Crippen LogP) is 2.18. The molecule has 0 aliphatic rings. The van der Waals surface area contributed by atoms with Gasteiger partial charge in [0.15, 0.2) is 0 Å². The van der Waals surface area contributed by atoms with Crippen molar-refractivity contribution < 1.29 is 5.11 Å². The van der Waals surface area contributed by atoms with E-state index in [1.165, 1.54) is 0 Å². The van der Waals surface area contributed by atoms with Crippen LogP contribution in [0.1, 0.15) is 26.7 Å². The lowest BCUT2D eigenvalue weighted by Gasteiger charge is -2.11. The van der Waals surface area contributed by atoms with Crippen LogP contribution in [-0.4, -0.2) is 16.5 Å². The molecule has 0 bridgehead atoms. The van der Waals surface area contributed by atoms with Crippen LogP contribution in [0.15, 0.2) is 0 Å². The number of hydrogen-bond donors (Lipinski definition) is 1.